The molecule has 2 bridgehead atoms. The molecule has 2 aliphatic rings. The number of nitrogens with zero attached hydrogens (tertiary/aromatic N) is 4. The van der Waals surface area contributed by atoms with Crippen LogP contribution in [0.25, 0.3) is 0 Å². The van der Waals surface area contributed by atoms with Crippen LogP contribution in [0.4, 0.5) is 0 Å². The van der Waals surface area contributed by atoms with E-state index in [-0.39, 0.29) is 5.41 Å². The summed E-state index contributed by atoms with van der Waals surface area (Å²) in [6, 6.07) is 0. The molecule has 0 radical (unpaired) electrons. The van der Waals surface area contributed by atoms with E-state index >= 15 is 0 Å². The molecule has 2 saturated carbocycles. The first-order valence-corrected chi connectivity index (χ1v) is 6.15. The minimum Gasteiger partial charge on any atom is -0.330 e. The molecule has 88 valence electrons. The number of aromatic nitrogens is 4. The summed E-state index contributed by atoms with van der Waals surface area (Å²) in [5, 5.41) is 12.3. The van der Waals surface area contributed by atoms with Crippen LogP contribution < -0.4 is 5.73 Å². The molecule has 0 spiro atoms. The summed E-state index contributed by atoms with van der Waals surface area (Å²) >= 11 is 0. The van der Waals surface area contributed by atoms with Crippen LogP contribution in [0, 0.1) is 17.3 Å². The average molecular weight is 221 g/mol. The second-order valence-electron chi connectivity index (χ2n) is 5.52. The molecule has 3 atom stereocenters. The molecular weight excluding hydrogens is 202 g/mol. The zero-order valence-corrected chi connectivity index (χ0v) is 9.76. The van der Waals surface area contributed by atoms with Crippen molar-refractivity contribution in [2.75, 3.05) is 6.54 Å². The standard InChI is InChI=1S/C11H19N5/c1-16-14-10(13-15-16)6-11(7-12)5-8-2-3-9(11)4-8/h8-9H,2-7,12H2,1H3. The Labute approximate surface area is 95.4 Å². The molecular formula is C11H19N5. The fourth-order valence-corrected chi connectivity index (χ4v) is 3.81. The van der Waals surface area contributed by atoms with Gasteiger partial charge in [-0.05, 0) is 48.3 Å². The zero-order valence-electron chi connectivity index (χ0n) is 9.76. The van der Waals surface area contributed by atoms with Crippen LogP contribution in [-0.2, 0) is 13.5 Å². The van der Waals surface area contributed by atoms with E-state index < -0.39 is 0 Å². The van der Waals surface area contributed by atoms with Crippen molar-refractivity contribution in [1.29, 1.82) is 0 Å². The van der Waals surface area contributed by atoms with Gasteiger partial charge in [0.25, 0.3) is 0 Å². The molecule has 1 aromatic rings. The fourth-order valence-electron chi connectivity index (χ4n) is 3.81. The molecule has 1 heterocycles. The van der Waals surface area contributed by atoms with Crippen molar-refractivity contribution in [2.24, 2.45) is 30.0 Å². The maximum absolute atomic E-state index is 6.03. The molecule has 5 nitrogen and oxygen atoms in total. The Kier molecular flexibility index (Phi) is 2.24. The molecule has 0 amide bonds. The van der Waals surface area contributed by atoms with Crippen molar-refractivity contribution < 1.29 is 0 Å². The molecule has 2 aliphatic carbocycles. The molecule has 0 aliphatic heterocycles. The van der Waals surface area contributed by atoms with Gasteiger partial charge in [-0.2, -0.15) is 4.80 Å². The summed E-state index contributed by atoms with van der Waals surface area (Å²) in [7, 11) is 1.81. The molecule has 5 heteroatoms. The monoisotopic (exact) mass is 221 g/mol. The largest absolute Gasteiger partial charge is 0.330 e. The van der Waals surface area contributed by atoms with Gasteiger partial charge in [-0.15, -0.1) is 10.2 Å². The van der Waals surface area contributed by atoms with Gasteiger partial charge in [0.1, 0.15) is 0 Å². The fraction of sp³-hybridized carbons (Fsp3) is 0.909. The lowest BCUT2D eigenvalue weighted by atomic mass is 9.71. The van der Waals surface area contributed by atoms with Crippen molar-refractivity contribution in [3.63, 3.8) is 0 Å². The molecule has 0 saturated heterocycles. The highest BCUT2D eigenvalue weighted by Crippen LogP contribution is 2.56. The number of tetrazole rings is 1. The van der Waals surface area contributed by atoms with E-state index in [4.69, 9.17) is 5.73 Å². The summed E-state index contributed by atoms with van der Waals surface area (Å²) in [5.74, 6) is 2.57. The van der Waals surface area contributed by atoms with Gasteiger partial charge in [-0.3, -0.25) is 0 Å². The minimum atomic E-state index is 0.270. The topological polar surface area (TPSA) is 69.6 Å². The number of nitrogens with two attached hydrogens (primary N) is 1. The van der Waals surface area contributed by atoms with Crippen LogP contribution in [-0.4, -0.2) is 26.8 Å². The van der Waals surface area contributed by atoms with Gasteiger partial charge in [0, 0.05) is 6.42 Å². The lowest BCUT2D eigenvalue weighted by Gasteiger charge is -2.35. The van der Waals surface area contributed by atoms with E-state index in [1.165, 1.54) is 30.5 Å². The Morgan fingerprint density at radius 1 is 1.50 bits per heavy atom. The molecule has 1 aromatic heterocycles. The van der Waals surface area contributed by atoms with Crippen molar-refractivity contribution in [3.8, 4) is 0 Å². The van der Waals surface area contributed by atoms with Gasteiger partial charge in [0.05, 0.1) is 7.05 Å². The van der Waals surface area contributed by atoms with E-state index in [1.54, 1.807) is 0 Å². The first kappa shape index (κ1) is 10.2. The maximum atomic E-state index is 6.03. The number of hydrogen-bond acceptors (Lipinski definition) is 4. The summed E-state index contributed by atoms with van der Waals surface area (Å²) in [6.07, 6.45) is 6.31. The van der Waals surface area contributed by atoms with E-state index in [1.807, 2.05) is 7.05 Å². The van der Waals surface area contributed by atoms with Crippen molar-refractivity contribution >= 4 is 0 Å². The van der Waals surface area contributed by atoms with Crippen LogP contribution in [0.15, 0.2) is 0 Å². The Morgan fingerprint density at radius 3 is 2.88 bits per heavy atom. The van der Waals surface area contributed by atoms with Crippen LogP contribution in [0.3, 0.4) is 0 Å². The second-order valence-corrected chi connectivity index (χ2v) is 5.52. The van der Waals surface area contributed by atoms with E-state index in [0.717, 1.165) is 30.6 Å². The molecule has 3 unspecified atom stereocenters. The summed E-state index contributed by atoms with van der Waals surface area (Å²) in [4.78, 5) is 1.53. The second kappa shape index (κ2) is 3.52. The highest BCUT2D eigenvalue weighted by Gasteiger charge is 2.50. The van der Waals surface area contributed by atoms with Gasteiger partial charge in [0.2, 0.25) is 0 Å². The van der Waals surface area contributed by atoms with Crippen LogP contribution in [0.5, 0.6) is 0 Å². The molecule has 16 heavy (non-hydrogen) atoms. The molecule has 3 rings (SSSR count). The van der Waals surface area contributed by atoms with E-state index in [0.29, 0.717) is 0 Å². The molecule has 2 N–H and O–H groups in total. The number of fused-ring (bicyclic) bond motifs is 2. The lowest BCUT2D eigenvalue weighted by molar-refractivity contribution is 0.168. The summed E-state index contributed by atoms with van der Waals surface area (Å²) in [5.41, 5.74) is 6.30. The SMILES string of the molecule is Cn1nnc(CC2(CN)CC3CCC2C3)n1. The van der Waals surface area contributed by atoms with Crippen molar-refractivity contribution in [2.45, 2.75) is 32.1 Å². The third-order valence-corrected chi connectivity index (χ3v) is 4.57. The van der Waals surface area contributed by atoms with Gasteiger partial charge in [0.15, 0.2) is 5.82 Å². The number of hydrogen-bond donors (Lipinski definition) is 1. The summed E-state index contributed by atoms with van der Waals surface area (Å²) in [6.45, 7) is 0.770. The molecule has 0 aromatic carbocycles. The molecule has 2 fully saturated rings. The third-order valence-electron chi connectivity index (χ3n) is 4.57. The summed E-state index contributed by atoms with van der Waals surface area (Å²) < 4.78 is 0. The van der Waals surface area contributed by atoms with Crippen LogP contribution in [0.1, 0.15) is 31.5 Å². The third kappa shape index (κ3) is 1.45. The van der Waals surface area contributed by atoms with Crippen molar-refractivity contribution in [1.82, 2.24) is 20.2 Å². The highest BCUT2D eigenvalue weighted by molar-refractivity contribution is 5.04. The van der Waals surface area contributed by atoms with Gasteiger partial charge in [-0.1, -0.05) is 6.42 Å². The first-order chi connectivity index (χ1) is 7.72. The van der Waals surface area contributed by atoms with E-state index in [2.05, 4.69) is 15.4 Å². The van der Waals surface area contributed by atoms with Crippen LogP contribution in [0.2, 0.25) is 0 Å². The maximum Gasteiger partial charge on any atom is 0.175 e. The number of rotatable bonds is 3. The van der Waals surface area contributed by atoms with Gasteiger partial charge in [-0.25, -0.2) is 0 Å². The quantitative estimate of drug-likeness (QED) is 0.807. The smallest absolute Gasteiger partial charge is 0.175 e. The number of aryl methyl sites for hydroxylation is 1. The lowest BCUT2D eigenvalue weighted by Crippen LogP contribution is -2.38. The van der Waals surface area contributed by atoms with Crippen LogP contribution >= 0.6 is 0 Å². The Morgan fingerprint density at radius 2 is 2.38 bits per heavy atom. The van der Waals surface area contributed by atoms with Gasteiger partial charge < -0.3 is 5.73 Å². The van der Waals surface area contributed by atoms with Gasteiger partial charge >= 0.3 is 0 Å². The predicted molar refractivity (Wildman–Crippen MR) is 59.4 cm³/mol. The normalized spacial score (nSPS) is 37.1. The predicted octanol–water partition coefficient (Wildman–Crippen LogP) is 0.518. The van der Waals surface area contributed by atoms with Crippen molar-refractivity contribution in [3.05, 3.63) is 5.82 Å². The first-order valence-electron chi connectivity index (χ1n) is 6.15. The Balaban J connectivity index is 1.81. The Bertz CT molecular complexity index is 387. The Hall–Kier alpha value is -0.970. The zero-order chi connectivity index (χ0) is 11.2. The highest BCUT2D eigenvalue weighted by atomic mass is 15.6. The van der Waals surface area contributed by atoms with E-state index in [9.17, 15) is 0 Å². The minimum absolute atomic E-state index is 0.270. The average Bonchev–Trinajstić information content (AvgIpc) is 2.94.